The molecule has 1 aliphatic heterocycles. The quantitative estimate of drug-likeness (QED) is 0.251. The first-order valence-electron chi connectivity index (χ1n) is 13.8. The molecule has 1 aliphatic rings. The minimum Gasteiger partial charge on any atom is -0.434 e. The van der Waals surface area contributed by atoms with Gasteiger partial charge >= 0.3 is 6.61 Å². The van der Waals surface area contributed by atoms with Gasteiger partial charge in [-0.1, -0.05) is 11.6 Å². The summed E-state index contributed by atoms with van der Waals surface area (Å²) in [7, 11) is 0. The van der Waals surface area contributed by atoms with Crippen LogP contribution in [-0.4, -0.2) is 78.9 Å². The van der Waals surface area contributed by atoms with E-state index in [0.717, 1.165) is 12.8 Å². The van der Waals surface area contributed by atoms with E-state index < -0.39 is 18.1 Å². The fourth-order valence-electron chi connectivity index (χ4n) is 4.86. The number of amides is 2. The molecule has 2 N–H and O–H groups in total. The highest BCUT2D eigenvalue weighted by atomic mass is 35.5. The predicted octanol–water partition coefficient (Wildman–Crippen LogP) is 4.38. The van der Waals surface area contributed by atoms with Crippen LogP contribution in [0.25, 0.3) is 21.7 Å². The molecule has 0 aliphatic carbocycles. The lowest BCUT2D eigenvalue weighted by atomic mass is 10.0. The zero-order valence-electron chi connectivity index (χ0n) is 24.0. The average Bonchev–Trinajstić information content (AvgIpc) is 3.61. The molecule has 12 nitrogen and oxygen atoms in total. The largest absolute Gasteiger partial charge is 0.434 e. The molecule has 230 valence electrons. The van der Waals surface area contributed by atoms with Crippen molar-refractivity contribution < 1.29 is 23.1 Å². The average molecular weight is 626 g/mol. The Kier molecular flexibility index (Phi) is 9.07. The molecule has 5 rings (SSSR count). The topological polar surface area (TPSA) is 123 Å². The summed E-state index contributed by atoms with van der Waals surface area (Å²) in [5.41, 5.74) is 0.319. The molecule has 4 heterocycles. The molecule has 0 atom stereocenters. The summed E-state index contributed by atoms with van der Waals surface area (Å²) in [6.07, 6.45) is 7.44. The lowest BCUT2D eigenvalue weighted by molar-refractivity contribution is -0.133. The molecule has 0 bridgehead atoms. The zero-order valence-corrected chi connectivity index (χ0v) is 24.8. The number of likely N-dealkylation sites (tertiary alicyclic amines) is 1. The number of carbonyl (C=O) groups excluding carboxylic acids is 2. The van der Waals surface area contributed by atoms with Gasteiger partial charge in [0.25, 0.3) is 5.91 Å². The minimum absolute atomic E-state index is 0.0825. The molecular weight excluding hydrogens is 596 g/mol. The van der Waals surface area contributed by atoms with Crippen LogP contribution in [0.15, 0.2) is 49.1 Å². The highest BCUT2D eigenvalue weighted by Crippen LogP contribution is 2.37. The number of nitrogens with one attached hydrogen (secondary N) is 2. The van der Waals surface area contributed by atoms with E-state index in [2.05, 4.69) is 30.7 Å². The summed E-state index contributed by atoms with van der Waals surface area (Å²) in [4.78, 5) is 36.2. The number of alkyl halides is 2. The summed E-state index contributed by atoms with van der Waals surface area (Å²) < 4.78 is 34.0. The predicted molar refractivity (Wildman–Crippen MR) is 159 cm³/mol. The zero-order chi connectivity index (χ0) is 31.4. The van der Waals surface area contributed by atoms with Crippen molar-refractivity contribution in [2.75, 3.05) is 25.0 Å². The van der Waals surface area contributed by atoms with Crippen LogP contribution in [0.2, 0.25) is 5.02 Å². The number of aromatic nitrogens is 5. The lowest BCUT2D eigenvalue weighted by Crippen LogP contribution is -2.48. The third kappa shape index (κ3) is 7.12. The smallest absolute Gasteiger partial charge is 0.387 e. The van der Waals surface area contributed by atoms with Crippen molar-refractivity contribution in [1.82, 2.24) is 34.6 Å². The summed E-state index contributed by atoms with van der Waals surface area (Å²) in [6, 6.07) is 5.94. The number of ether oxygens (including phenoxy) is 1. The van der Waals surface area contributed by atoms with E-state index >= 15 is 0 Å². The van der Waals surface area contributed by atoms with Crippen molar-refractivity contribution in [2.24, 2.45) is 0 Å². The molecule has 1 aromatic carbocycles. The number of piperidine rings is 1. The summed E-state index contributed by atoms with van der Waals surface area (Å²) in [5, 5.41) is 15.0. The first-order chi connectivity index (χ1) is 21.0. The molecule has 2 amide bonds. The van der Waals surface area contributed by atoms with Crippen molar-refractivity contribution in [2.45, 2.75) is 51.4 Å². The number of nitrogens with zero attached hydrogens (tertiary/aromatic N) is 7. The molecular formula is C29H30ClF2N9O3. The van der Waals surface area contributed by atoms with Gasteiger partial charge in [-0.3, -0.25) is 14.3 Å². The van der Waals surface area contributed by atoms with Crippen LogP contribution < -0.4 is 15.4 Å². The van der Waals surface area contributed by atoms with Crippen LogP contribution in [0.1, 0.15) is 37.0 Å². The Balaban J connectivity index is 1.38. The van der Waals surface area contributed by atoms with E-state index in [1.54, 1.807) is 17.2 Å². The molecule has 1 saturated heterocycles. The number of benzene rings is 1. The van der Waals surface area contributed by atoms with E-state index in [9.17, 15) is 18.4 Å². The second-order valence-electron chi connectivity index (χ2n) is 11.0. The van der Waals surface area contributed by atoms with Crippen molar-refractivity contribution in [3.8, 4) is 17.0 Å². The Morgan fingerprint density at radius 3 is 2.77 bits per heavy atom. The van der Waals surface area contributed by atoms with Gasteiger partial charge in [0.2, 0.25) is 11.4 Å². The van der Waals surface area contributed by atoms with Gasteiger partial charge in [-0.25, -0.2) is 16.1 Å². The molecule has 3 aromatic heterocycles. The fourth-order valence-corrected chi connectivity index (χ4v) is 5.03. The maximum absolute atomic E-state index is 13.3. The van der Waals surface area contributed by atoms with Gasteiger partial charge < -0.3 is 25.1 Å². The summed E-state index contributed by atoms with van der Waals surface area (Å²) >= 11 is 6.20. The number of rotatable bonds is 10. The summed E-state index contributed by atoms with van der Waals surface area (Å²) in [6.45, 7) is 9.38. The van der Waals surface area contributed by atoms with Crippen molar-refractivity contribution in [3.05, 3.63) is 71.1 Å². The van der Waals surface area contributed by atoms with Gasteiger partial charge in [0, 0.05) is 62.2 Å². The van der Waals surface area contributed by atoms with Gasteiger partial charge in [0.15, 0.2) is 5.65 Å². The summed E-state index contributed by atoms with van der Waals surface area (Å²) in [5.74, 6) is -0.968. The second kappa shape index (κ2) is 12.9. The first-order valence-corrected chi connectivity index (χ1v) is 14.2. The van der Waals surface area contributed by atoms with Crippen molar-refractivity contribution in [1.29, 1.82) is 0 Å². The molecule has 44 heavy (non-hydrogen) atoms. The first kappa shape index (κ1) is 30.8. The maximum atomic E-state index is 13.3. The maximum Gasteiger partial charge on any atom is 0.387 e. The molecule has 0 saturated carbocycles. The third-order valence-corrected chi connectivity index (χ3v) is 7.45. The Hall–Kier alpha value is -4.61. The minimum atomic E-state index is -3.12. The molecule has 0 unspecified atom stereocenters. The Morgan fingerprint density at radius 2 is 2.05 bits per heavy atom. The Morgan fingerprint density at radius 1 is 1.27 bits per heavy atom. The van der Waals surface area contributed by atoms with E-state index in [1.165, 1.54) is 46.0 Å². The number of halogens is 3. The number of carbonyl (C=O) groups is 2. The van der Waals surface area contributed by atoms with Crippen molar-refractivity contribution in [3.63, 3.8) is 0 Å². The van der Waals surface area contributed by atoms with Gasteiger partial charge in [0.1, 0.15) is 23.6 Å². The molecule has 1 fully saturated rings. The van der Waals surface area contributed by atoms with Gasteiger partial charge in [-0.05, 0) is 37.1 Å². The number of anilines is 1. The normalized spacial score (nSPS) is 14.2. The third-order valence-electron chi connectivity index (χ3n) is 7.22. The van der Waals surface area contributed by atoms with Gasteiger partial charge in [-0.15, -0.1) is 0 Å². The number of hydrogen-bond acceptors (Lipinski definition) is 7. The van der Waals surface area contributed by atoms with Crippen molar-refractivity contribution >= 4 is 34.7 Å². The Labute approximate surface area is 256 Å². The fraction of sp³-hybridized carbons (Fsp3) is 0.379. The van der Waals surface area contributed by atoms with Crippen LogP contribution in [0, 0.1) is 6.57 Å². The van der Waals surface area contributed by atoms with Crippen LogP contribution in [0.3, 0.4) is 0 Å². The highest BCUT2D eigenvalue weighted by Gasteiger charge is 2.28. The molecule has 0 radical (unpaired) electrons. The van der Waals surface area contributed by atoms with E-state index in [-0.39, 0.29) is 51.8 Å². The molecule has 0 spiro atoms. The molecule has 15 heteroatoms. The Bertz CT molecular complexity index is 1710. The lowest BCUT2D eigenvalue weighted by Gasteiger charge is -2.33. The van der Waals surface area contributed by atoms with Gasteiger partial charge in [0.05, 0.1) is 18.4 Å². The highest BCUT2D eigenvalue weighted by molar-refractivity contribution is 6.31. The second-order valence-corrected chi connectivity index (χ2v) is 11.4. The SMILES string of the molecule is [C-]#[N+]C(C)(C)CNC1CCN(C(=O)Cn2cc(NC(=O)c3cnn4cccnc34)c(-c3cc(Cl)ccc3OC(F)F)n2)CC1. The monoisotopic (exact) mass is 625 g/mol. The number of hydrogen-bond donors (Lipinski definition) is 2. The van der Waals surface area contributed by atoms with Crippen LogP contribution in [0.5, 0.6) is 5.75 Å². The number of fused-ring (bicyclic) bond motifs is 1. The van der Waals surface area contributed by atoms with Gasteiger partial charge in [-0.2, -0.15) is 19.0 Å². The van der Waals surface area contributed by atoms with Crippen LogP contribution >= 0.6 is 11.6 Å². The van der Waals surface area contributed by atoms with E-state index in [0.29, 0.717) is 25.3 Å². The molecule has 4 aromatic rings. The standard InChI is InChI=1S/C29H30ClF2N9O3/c1-29(2,33-3)17-35-19-7-11-39(12-8-19)24(42)16-40-15-22(37-27(43)21-14-36-41-10-4-9-34-26(21)41)25(38-40)20-13-18(30)5-6-23(20)44-28(31)32/h4-6,9-10,13-15,19,28,35H,7-8,11-12,16-17H2,1-2H3,(H,37,43). The van der Waals surface area contributed by atoms with E-state index in [1.807, 2.05) is 13.8 Å². The van der Waals surface area contributed by atoms with E-state index in [4.69, 9.17) is 22.9 Å². The van der Waals surface area contributed by atoms with Crippen LogP contribution in [0.4, 0.5) is 14.5 Å². The van der Waals surface area contributed by atoms with Crippen LogP contribution in [-0.2, 0) is 11.3 Å².